The van der Waals surface area contributed by atoms with Crippen molar-refractivity contribution in [1.82, 2.24) is 14.5 Å². The van der Waals surface area contributed by atoms with E-state index in [-0.39, 0.29) is 16.6 Å². The summed E-state index contributed by atoms with van der Waals surface area (Å²) in [4.78, 5) is 0.0686. The number of aromatic nitrogens is 2. The topological polar surface area (TPSA) is 94.8 Å². The molecule has 0 radical (unpaired) electrons. The van der Waals surface area contributed by atoms with Crippen LogP contribution in [0.2, 0.25) is 5.02 Å². The van der Waals surface area contributed by atoms with Crippen molar-refractivity contribution in [2.75, 3.05) is 27.3 Å². The molecule has 1 aromatic heterocycles. The van der Waals surface area contributed by atoms with Crippen LogP contribution in [0.4, 0.5) is 0 Å². The molecular weight excluding hydrogens is 442 g/mol. The van der Waals surface area contributed by atoms with Gasteiger partial charge in [-0.05, 0) is 49.2 Å². The Kier molecular flexibility index (Phi) is 6.17. The van der Waals surface area contributed by atoms with E-state index in [1.807, 2.05) is 24.3 Å². The minimum Gasteiger partial charge on any atom is -0.497 e. The fourth-order valence-corrected chi connectivity index (χ4v) is 5.49. The van der Waals surface area contributed by atoms with Crippen molar-refractivity contribution in [3.8, 4) is 23.0 Å². The summed E-state index contributed by atoms with van der Waals surface area (Å²) in [6, 6.07) is 12.0. The molecule has 0 aliphatic carbocycles. The first-order valence-electron chi connectivity index (χ1n) is 9.74. The third-order valence-corrected chi connectivity index (χ3v) is 7.46. The van der Waals surface area contributed by atoms with Crippen molar-refractivity contribution in [2.45, 2.75) is 23.7 Å². The highest BCUT2D eigenvalue weighted by atomic mass is 35.5. The van der Waals surface area contributed by atoms with Gasteiger partial charge in [0.25, 0.3) is 0 Å². The number of ether oxygens (including phenoxy) is 2. The quantitative estimate of drug-likeness (QED) is 0.545. The first-order chi connectivity index (χ1) is 14.9. The molecule has 2 aromatic carbocycles. The van der Waals surface area contributed by atoms with Crippen molar-refractivity contribution < 1.29 is 22.3 Å². The first-order valence-corrected chi connectivity index (χ1v) is 11.6. The number of rotatable bonds is 6. The van der Waals surface area contributed by atoms with Crippen molar-refractivity contribution in [2.24, 2.45) is 0 Å². The van der Waals surface area contributed by atoms with Crippen molar-refractivity contribution in [1.29, 1.82) is 0 Å². The summed E-state index contributed by atoms with van der Waals surface area (Å²) in [7, 11) is -0.704. The van der Waals surface area contributed by atoms with Crippen LogP contribution in [0.25, 0.3) is 11.5 Å². The highest BCUT2D eigenvalue weighted by molar-refractivity contribution is 7.89. The summed E-state index contributed by atoms with van der Waals surface area (Å²) >= 11 is 6.02. The molecule has 8 nitrogen and oxygen atoms in total. The number of nitrogens with zero attached hydrogens (tertiary/aromatic N) is 3. The van der Waals surface area contributed by atoms with E-state index in [1.165, 1.54) is 17.5 Å². The molecule has 1 aliphatic heterocycles. The van der Waals surface area contributed by atoms with Crippen LogP contribution >= 0.6 is 11.6 Å². The molecule has 0 N–H and O–H groups in total. The fourth-order valence-electron chi connectivity index (χ4n) is 3.61. The smallest absolute Gasteiger partial charge is 0.247 e. The second kappa shape index (κ2) is 8.86. The van der Waals surface area contributed by atoms with Gasteiger partial charge in [-0.25, -0.2) is 8.42 Å². The highest BCUT2D eigenvalue weighted by Gasteiger charge is 2.34. The Morgan fingerprint density at radius 2 is 1.84 bits per heavy atom. The van der Waals surface area contributed by atoms with E-state index >= 15 is 0 Å². The lowest BCUT2D eigenvalue weighted by atomic mass is 9.98. The molecule has 1 saturated heterocycles. The van der Waals surface area contributed by atoms with E-state index in [4.69, 9.17) is 25.5 Å². The zero-order chi connectivity index (χ0) is 22.0. The molecular formula is C21H22ClN3O5S. The number of hydrogen-bond acceptors (Lipinski definition) is 7. The normalized spacial score (nSPS) is 15.7. The third kappa shape index (κ3) is 4.39. The minimum atomic E-state index is -3.74. The number of sulfonamides is 1. The lowest BCUT2D eigenvalue weighted by Crippen LogP contribution is -2.38. The van der Waals surface area contributed by atoms with Crippen LogP contribution in [0.1, 0.15) is 24.7 Å². The molecule has 0 bridgehead atoms. The molecule has 3 aromatic rings. The molecule has 0 atom stereocenters. The Morgan fingerprint density at radius 1 is 1.06 bits per heavy atom. The molecule has 0 unspecified atom stereocenters. The monoisotopic (exact) mass is 463 g/mol. The Bertz CT molecular complexity index is 1170. The number of hydrogen-bond donors (Lipinski definition) is 0. The van der Waals surface area contributed by atoms with Crippen LogP contribution < -0.4 is 9.47 Å². The summed E-state index contributed by atoms with van der Waals surface area (Å²) in [5.41, 5.74) is 0.770. The number of halogens is 1. The summed E-state index contributed by atoms with van der Waals surface area (Å²) in [6.07, 6.45) is 1.14. The van der Waals surface area contributed by atoms with Crippen LogP contribution in [-0.2, 0) is 10.0 Å². The average Bonchev–Trinajstić information content (AvgIpc) is 3.29. The summed E-state index contributed by atoms with van der Waals surface area (Å²) in [5.74, 6) is 1.88. The molecule has 2 heterocycles. The van der Waals surface area contributed by atoms with Crippen LogP contribution in [0.3, 0.4) is 0 Å². The van der Waals surface area contributed by atoms with Gasteiger partial charge in [-0.2, -0.15) is 4.31 Å². The van der Waals surface area contributed by atoms with Gasteiger partial charge in [-0.1, -0.05) is 17.7 Å². The van der Waals surface area contributed by atoms with Crippen LogP contribution in [0.5, 0.6) is 11.5 Å². The molecule has 164 valence electrons. The van der Waals surface area contributed by atoms with E-state index in [2.05, 4.69) is 10.2 Å². The molecule has 0 amide bonds. The number of piperidine rings is 1. The summed E-state index contributed by atoms with van der Waals surface area (Å²) < 4.78 is 44.1. The summed E-state index contributed by atoms with van der Waals surface area (Å²) in [6.45, 7) is 0.666. The van der Waals surface area contributed by atoms with Gasteiger partial charge in [-0.15, -0.1) is 10.2 Å². The zero-order valence-electron chi connectivity index (χ0n) is 17.1. The Balaban J connectivity index is 1.48. The molecule has 4 rings (SSSR count). The van der Waals surface area contributed by atoms with Crippen molar-refractivity contribution in [3.63, 3.8) is 0 Å². The van der Waals surface area contributed by atoms with Gasteiger partial charge in [0.05, 0.1) is 14.2 Å². The first kappa shape index (κ1) is 21.6. The molecule has 1 fully saturated rings. The highest BCUT2D eigenvalue weighted by Crippen LogP contribution is 2.35. The van der Waals surface area contributed by atoms with Gasteiger partial charge in [0, 0.05) is 29.6 Å². The predicted octanol–water partition coefficient (Wildman–Crippen LogP) is 3.98. The van der Waals surface area contributed by atoms with E-state index in [0.29, 0.717) is 48.5 Å². The lowest BCUT2D eigenvalue weighted by Gasteiger charge is -2.30. The van der Waals surface area contributed by atoms with E-state index in [9.17, 15) is 8.42 Å². The molecule has 0 saturated carbocycles. The molecule has 10 heteroatoms. The van der Waals surface area contributed by atoms with Gasteiger partial charge in [0.2, 0.25) is 21.8 Å². The average molecular weight is 464 g/mol. The van der Waals surface area contributed by atoms with Gasteiger partial charge in [0.1, 0.15) is 16.4 Å². The van der Waals surface area contributed by atoms with Gasteiger partial charge in [0.15, 0.2) is 0 Å². The van der Waals surface area contributed by atoms with Crippen molar-refractivity contribution in [3.05, 3.63) is 53.4 Å². The SMILES string of the molecule is COc1cccc(-c2nnc(C3CCN(S(=O)(=O)c4cc(Cl)ccc4OC)CC3)o2)c1. The van der Waals surface area contributed by atoms with Crippen LogP contribution in [-0.4, -0.2) is 50.2 Å². The van der Waals surface area contributed by atoms with Crippen LogP contribution in [0, 0.1) is 0 Å². The predicted molar refractivity (Wildman–Crippen MR) is 115 cm³/mol. The lowest BCUT2D eigenvalue weighted by molar-refractivity contribution is 0.290. The third-order valence-electron chi connectivity index (χ3n) is 5.30. The van der Waals surface area contributed by atoms with E-state index in [0.717, 1.165) is 5.56 Å². The van der Waals surface area contributed by atoms with Crippen LogP contribution in [0.15, 0.2) is 51.8 Å². The number of methoxy groups -OCH3 is 2. The van der Waals surface area contributed by atoms with Gasteiger partial charge < -0.3 is 13.9 Å². The largest absolute Gasteiger partial charge is 0.497 e. The Morgan fingerprint density at radius 3 is 2.55 bits per heavy atom. The standard InChI is InChI=1S/C21H22ClN3O5S/c1-28-17-5-3-4-15(12-17)21-24-23-20(30-21)14-8-10-25(11-9-14)31(26,27)19-13-16(22)6-7-18(19)29-2/h3-7,12-14H,8-11H2,1-2H3. The second-order valence-corrected chi connectivity index (χ2v) is 9.49. The maximum absolute atomic E-state index is 13.1. The molecule has 1 aliphatic rings. The molecule has 31 heavy (non-hydrogen) atoms. The minimum absolute atomic E-state index is 0.0143. The summed E-state index contributed by atoms with van der Waals surface area (Å²) in [5, 5.41) is 8.68. The van der Waals surface area contributed by atoms with E-state index < -0.39 is 10.0 Å². The maximum atomic E-state index is 13.1. The Labute approximate surface area is 185 Å². The van der Waals surface area contributed by atoms with Crippen molar-refractivity contribution >= 4 is 21.6 Å². The fraction of sp³-hybridized carbons (Fsp3) is 0.333. The van der Waals surface area contributed by atoms with Gasteiger partial charge in [-0.3, -0.25) is 0 Å². The van der Waals surface area contributed by atoms with Gasteiger partial charge >= 0.3 is 0 Å². The zero-order valence-corrected chi connectivity index (χ0v) is 18.7. The van der Waals surface area contributed by atoms with E-state index in [1.54, 1.807) is 19.2 Å². The maximum Gasteiger partial charge on any atom is 0.247 e. The number of benzene rings is 2. The second-order valence-electron chi connectivity index (χ2n) is 7.15. The Hall–Kier alpha value is -2.62. The molecule has 0 spiro atoms.